The van der Waals surface area contributed by atoms with Crippen molar-refractivity contribution in [3.05, 3.63) is 0 Å². The van der Waals surface area contributed by atoms with Crippen LogP contribution in [0.1, 0.15) is 13.3 Å². The molecule has 1 fully saturated rings. The van der Waals surface area contributed by atoms with Gasteiger partial charge in [0.1, 0.15) is 6.04 Å². The number of hydrogen-bond acceptors (Lipinski definition) is 3. The lowest BCUT2D eigenvalue weighted by atomic mass is 10.3. The summed E-state index contributed by atoms with van der Waals surface area (Å²) in [6.07, 6.45) is 0.814. The Morgan fingerprint density at radius 3 is 2.62 bits per heavy atom. The molecule has 0 aromatic heterocycles. The third kappa shape index (κ3) is 2.80. The Bertz CT molecular complexity index is 254. The number of amides is 3. The van der Waals surface area contributed by atoms with Gasteiger partial charge in [-0.25, -0.2) is 4.79 Å². The fourth-order valence-corrected chi connectivity index (χ4v) is 2.30. The van der Waals surface area contributed by atoms with Crippen LogP contribution in [0.5, 0.6) is 0 Å². The van der Waals surface area contributed by atoms with E-state index in [1.165, 1.54) is 0 Å². The van der Waals surface area contributed by atoms with Gasteiger partial charge in [0.2, 0.25) is 0 Å². The van der Waals surface area contributed by atoms with Crippen LogP contribution in [0, 0.1) is 0 Å². The molecule has 5 nitrogen and oxygen atoms in total. The van der Waals surface area contributed by atoms with Crippen LogP contribution in [0.2, 0.25) is 0 Å². The smallest absolute Gasteiger partial charge is 0.322 e. The summed E-state index contributed by atoms with van der Waals surface area (Å²) >= 11 is 0. The molecule has 1 aliphatic rings. The van der Waals surface area contributed by atoms with Crippen LogP contribution in [0.3, 0.4) is 0 Å². The predicted octanol–water partition coefficient (Wildman–Crippen LogP) is -0.647. The van der Waals surface area contributed by atoms with E-state index in [0.717, 1.165) is 6.42 Å². The minimum atomic E-state index is -1.02. The van der Waals surface area contributed by atoms with E-state index < -0.39 is 22.9 Å². The van der Waals surface area contributed by atoms with E-state index in [0.29, 0.717) is 5.75 Å². The molecular weight excluding hydrogens is 192 g/mol. The molecule has 13 heavy (non-hydrogen) atoms. The van der Waals surface area contributed by atoms with Gasteiger partial charge < -0.3 is 5.32 Å². The van der Waals surface area contributed by atoms with E-state index in [9.17, 15) is 13.8 Å². The summed E-state index contributed by atoms with van der Waals surface area (Å²) < 4.78 is 11.2. The average molecular weight is 204 g/mol. The Morgan fingerprint density at radius 2 is 2.15 bits per heavy atom. The van der Waals surface area contributed by atoms with Gasteiger partial charge in [0.05, 0.1) is 5.75 Å². The van der Waals surface area contributed by atoms with Crippen molar-refractivity contribution in [3.63, 3.8) is 0 Å². The van der Waals surface area contributed by atoms with Gasteiger partial charge in [-0.2, -0.15) is 0 Å². The van der Waals surface area contributed by atoms with E-state index in [-0.39, 0.29) is 11.7 Å². The molecule has 1 heterocycles. The van der Waals surface area contributed by atoms with Gasteiger partial charge in [-0.3, -0.25) is 14.3 Å². The second-order valence-corrected chi connectivity index (χ2v) is 4.45. The van der Waals surface area contributed by atoms with Gasteiger partial charge in [-0.15, -0.1) is 0 Å². The Morgan fingerprint density at radius 1 is 1.46 bits per heavy atom. The third-order valence-corrected chi connectivity index (χ3v) is 3.21. The number of nitrogens with one attached hydrogen (secondary N) is 2. The van der Waals surface area contributed by atoms with Crippen LogP contribution < -0.4 is 10.6 Å². The summed E-state index contributed by atoms with van der Waals surface area (Å²) in [6.45, 7) is 1.92. The van der Waals surface area contributed by atoms with Gasteiger partial charge in [0.15, 0.2) is 0 Å². The topological polar surface area (TPSA) is 75.3 Å². The van der Waals surface area contributed by atoms with Crippen molar-refractivity contribution in [2.45, 2.75) is 19.4 Å². The zero-order chi connectivity index (χ0) is 9.84. The Labute approximate surface area is 78.7 Å². The molecule has 0 radical (unpaired) electrons. The van der Waals surface area contributed by atoms with E-state index in [4.69, 9.17) is 0 Å². The van der Waals surface area contributed by atoms with Crippen LogP contribution >= 0.6 is 0 Å². The van der Waals surface area contributed by atoms with Crippen molar-refractivity contribution in [1.29, 1.82) is 0 Å². The highest BCUT2D eigenvalue weighted by Gasteiger charge is 2.30. The standard InChI is InChI=1S/C7H12N2O3S/c1-2-3-13(12)4-5-6(10)9-7(11)8-5/h5H,2-4H2,1H3,(H2,8,9,10,11). The summed E-state index contributed by atoms with van der Waals surface area (Å²) in [5, 5.41) is 4.49. The molecule has 0 aromatic rings. The van der Waals surface area contributed by atoms with Crippen LogP contribution in [0.4, 0.5) is 4.79 Å². The molecule has 1 saturated heterocycles. The molecule has 1 aliphatic heterocycles. The largest absolute Gasteiger partial charge is 0.325 e. The number of rotatable bonds is 4. The highest BCUT2D eigenvalue weighted by Crippen LogP contribution is 1.97. The van der Waals surface area contributed by atoms with Gasteiger partial charge in [-0.1, -0.05) is 6.92 Å². The summed E-state index contributed by atoms with van der Waals surface area (Å²) in [4.78, 5) is 21.7. The lowest BCUT2D eigenvalue weighted by Gasteiger charge is -2.05. The molecule has 3 amide bonds. The molecule has 2 N–H and O–H groups in total. The molecular formula is C7H12N2O3S. The van der Waals surface area contributed by atoms with Crippen LogP contribution in [-0.2, 0) is 15.6 Å². The van der Waals surface area contributed by atoms with Crippen LogP contribution in [0.15, 0.2) is 0 Å². The van der Waals surface area contributed by atoms with Gasteiger partial charge >= 0.3 is 6.03 Å². The first kappa shape index (κ1) is 10.2. The summed E-state index contributed by atoms with van der Waals surface area (Å²) in [7, 11) is -1.02. The van der Waals surface area contributed by atoms with Crippen molar-refractivity contribution in [1.82, 2.24) is 10.6 Å². The fourth-order valence-electron chi connectivity index (χ4n) is 1.07. The second-order valence-electron chi connectivity index (χ2n) is 2.83. The first-order valence-corrected chi connectivity index (χ1v) is 5.58. The first-order valence-electron chi connectivity index (χ1n) is 4.09. The molecule has 0 spiro atoms. The Balaban J connectivity index is 2.41. The van der Waals surface area contributed by atoms with E-state index >= 15 is 0 Å². The minimum Gasteiger partial charge on any atom is -0.325 e. The monoisotopic (exact) mass is 204 g/mol. The molecule has 0 aromatic carbocycles. The molecule has 1 rings (SSSR count). The molecule has 6 heteroatoms. The molecule has 0 aliphatic carbocycles. The van der Waals surface area contributed by atoms with E-state index in [2.05, 4.69) is 10.6 Å². The highest BCUT2D eigenvalue weighted by molar-refractivity contribution is 7.85. The zero-order valence-electron chi connectivity index (χ0n) is 7.33. The lowest BCUT2D eigenvalue weighted by molar-refractivity contribution is -0.119. The number of hydrogen-bond donors (Lipinski definition) is 2. The maximum Gasteiger partial charge on any atom is 0.322 e. The molecule has 2 atom stereocenters. The quantitative estimate of drug-likeness (QED) is 0.598. The maximum absolute atomic E-state index is 11.2. The van der Waals surface area contributed by atoms with Crippen molar-refractivity contribution in [3.8, 4) is 0 Å². The van der Waals surface area contributed by atoms with Gasteiger partial charge in [0.25, 0.3) is 5.91 Å². The Hall–Kier alpha value is -0.910. The average Bonchev–Trinajstić information content (AvgIpc) is 2.30. The predicted molar refractivity (Wildman–Crippen MR) is 48.6 cm³/mol. The van der Waals surface area contributed by atoms with Gasteiger partial charge in [0, 0.05) is 16.6 Å². The lowest BCUT2D eigenvalue weighted by Crippen LogP contribution is -2.34. The van der Waals surface area contributed by atoms with Crippen molar-refractivity contribution in [2.75, 3.05) is 11.5 Å². The maximum atomic E-state index is 11.2. The zero-order valence-corrected chi connectivity index (χ0v) is 8.15. The highest BCUT2D eigenvalue weighted by atomic mass is 32.2. The molecule has 0 saturated carbocycles. The number of carbonyl (C=O) groups excluding carboxylic acids is 2. The Kier molecular flexibility index (Phi) is 3.41. The second kappa shape index (κ2) is 4.36. The van der Waals surface area contributed by atoms with E-state index in [1.54, 1.807) is 0 Å². The number of imide groups is 1. The minimum absolute atomic E-state index is 0.214. The number of urea groups is 1. The third-order valence-electron chi connectivity index (χ3n) is 1.64. The summed E-state index contributed by atoms with van der Waals surface area (Å²) in [5.41, 5.74) is 0. The van der Waals surface area contributed by atoms with Crippen LogP contribution in [-0.4, -0.2) is 33.7 Å². The number of carbonyl (C=O) groups is 2. The summed E-state index contributed by atoms with van der Waals surface area (Å²) in [6, 6.07) is -1.11. The fraction of sp³-hybridized carbons (Fsp3) is 0.714. The summed E-state index contributed by atoms with van der Waals surface area (Å²) in [5.74, 6) is 0.403. The molecule has 2 unspecified atom stereocenters. The molecule has 0 bridgehead atoms. The normalized spacial score (nSPS) is 23.9. The van der Waals surface area contributed by atoms with Crippen LogP contribution in [0.25, 0.3) is 0 Å². The van der Waals surface area contributed by atoms with Gasteiger partial charge in [-0.05, 0) is 6.42 Å². The van der Waals surface area contributed by atoms with Crippen molar-refractivity contribution < 1.29 is 13.8 Å². The van der Waals surface area contributed by atoms with Crippen molar-refractivity contribution in [2.24, 2.45) is 0 Å². The first-order chi connectivity index (χ1) is 6.13. The SMILES string of the molecule is CCCS(=O)CC1NC(=O)NC1=O. The van der Waals surface area contributed by atoms with E-state index in [1.807, 2.05) is 6.92 Å². The van der Waals surface area contributed by atoms with Crippen molar-refractivity contribution >= 4 is 22.7 Å². The molecule has 74 valence electrons.